The number of carbonyl (C=O) groups excluding carboxylic acids is 4. The number of carbonyl (C=O) groups is 4. The summed E-state index contributed by atoms with van der Waals surface area (Å²) in [6, 6.07) is 70.0. The Labute approximate surface area is 501 Å². The summed E-state index contributed by atoms with van der Waals surface area (Å²) >= 11 is 0. The molecule has 0 aromatic heterocycles. The number of nitro benzene ring substituents is 2. The van der Waals surface area contributed by atoms with Crippen molar-refractivity contribution in [3.05, 3.63) is 343 Å². The van der Waals surface area contributed by atoms with Gasteiger partial charge in [-0.3, -0.25) is 20.2 Å². The van der Waals surface area contributed by atoms with Crippen molar-refractivity contribution in [3.8, 4) is 23.0 Å². The predicted octanol–water partition coefficient (Wildman–Crippen LogP) is 13.4. The normalized spacial score (nSPS) is 13.6. The van der Waals surface area contributed by atoms with Gasteiger partial charge in [0.2, 0.25) is 11.3 Å². The first-order valence-electron chi connectivity index (χ1n) is 27.2. The average Bonchev–Trinajstić information content (AvgIpc) is 1.51. The first-order valence-corrected chi connectivity index (χ1v) is 27.2. The molecule has 0 fully saturated rings. The van der Waals surface area contributed by atoms with Crippen LogP contribution in [0.4, 0.5) is 11.4 Å². The van der Waals surface area contributed by atoms with Crippen molar-refractivity contribution in [2.75, 3.05) is 0 Å². The van der Waals surface area contributed by atoms with E-state index < -0.39 is 56.4 Å². The molecule has 0 bridgehead atoms. The highest BCUT2D eigenvalue weighted by Crippen LogP contribution is 2.58. The molecule has 2 heterocycles. The first kappa shape index (κ1) is 56.1. The third-order valence-electron chi connectivity index (χ3n) is 14.4. The molecule has 0 amide bonds. The summed E-state index contributed by atoms with van der Waals surface area (Å²) in [5.41, 5.74) is -4.48. The fourth-order valence-corrected chi connectivity index (χ4v) is 10.2. The molecule has 18 nitrogen and oxygen atoms in total. The van der Waals surface area contributed by atoms with Crippen LogP contribution in [0.15, 0.2) is 287 Å². The fourth-order valence-electron chi connectivity index (χ4n) is 10.2. The Balaban J connectivity index is 1.11. The summed E-state index contributed by atoms with van der Waals surface area (Å²) in [5, 5.41) is 27.3. The Bertz CT molecular complexity index is 3970. The van der Waals surface area contributed by atoms with Crippen molar-refractivity contribution in [3.63, 3.8) is 0 Å². The number of rotatable bonds is 17. The first-order chi connectivity index (χ1) is 42.9. The molecule has 10 aromatic carbocycles. The SMILES string of the molecule is O=C(Oc1ccccc1)c1ccc(C2=NC(c3ccccc3[N+](=O)[O-])(C3(c4ccccc4[N+](=O)[O-])N=C(c4ccc(C(=O)Oc5ccccc5)cc4)C(c4ccc(C(=O)Oc5ccccc5)cc4)=N3)N=C2c2ccc(C(=O)Oc3ccccc3)cc2)cc1. The minimum atomic E-state index is -2.53. The largest absolute Gasteiger partial charge is 0.423 e. The van der Waals surface area contributed by atoms with E-state index >= 15 is 0 Å². The number of para-hydroxylation sites is 6. The number of aliphatic imine (C=N–C) groups is 4. The van der Waals surface area contributed by atoms with E-state index in [-0.39, 0.29) is 56.2 Å². The molecular weight excluding hydrogens is 1120 g/mol. The zero-order valence-corrected chi connectivity index (χ0v) is 46.0. The lowest BCUT2D eigenvalue weighted by atomic mass is 9.80. The van der Waals surface area contributed by atoms with Gasteiger partial charge >= 0.3 is 23.9 Å². The summed E-state index contributed by atoms with van der Waals surface area (Å²) in [6.45, 7) is 0. The Morgan fingerprint density at radius 3 is 0.705 bits per heavy atom. The maximum Gasteiger partial charge on any atom is 0.343 e. The molecule has 0 aliphatic carbocycles. The minimum absolute atomic E-state index is 0.0571. The summed E-state index contributed by atoms with van der Waals surface area (Å²) < 4.78 is 22.7. The monoisotopic (exact) mass is 1160 g/mol. The maximum absolute atomic E-state index is 13.7. The molecule has 88 heavy (non-hydrogen) atoms. The van der Waals surface area contributed by atoms with Crippen molar-refractivity contribution in [2.24, 2.45) is 20.0 Å². The molecule has 2 aliphatic heterocycles. The van der Waals surface area contributed by atoms with E-state index in [1.54, 1.807) is 170 Å². The molecule has 0 saturated carbocycles. The number of nitrogens with zero attached hydrogens (tertiary/aromatic N) is 6. The fraction of sp³-hybridized carbons (Fsp3) is 0.0286. The number of ether oxygens (including phenoxy) is 4. The van der Waals surface area contributed by atoms with E-state index in [0.29, 0.717) is 45.3 Å². The summed E-state index contributed by atoms with van der Waals surface area (Å²) in [4.78, 5) is 103. The number of hydrogen-bond donors (Lipinski definition) is 0. The van der Waals surface area contributed by atoms with Crippen LogP contribution in [-0.4, -0.2) is 56.6 Å². The Morgan fingerprint density at radius 1 is 0.284 bits per heavy atom. The summed E-state index contributed by atoms with van der Waals surface area (Å²) in [5.74, 6) is -1.52. The second-order valence-corrected chi connectivity index (χ2v) is 19.9. The summed E-state index contributed by atoms with van der Waals surface area (Å²) in [7, 11) is 0. The quantitative estimate of drug-likeness (QED) is 0.0358. The van der Waals surface area contributed by atoms with Gasteiger partial charge in [-0.05, 0) is 109 Å². The Kier molecular flexibility index (Phi) is 15.3. The van der Waals surface area contributed by atoms with Crippen LogP contribution in [0.25, 0.3) is 0 Å². The second kappa shape index (κ2) is 24.0. The molecule has 2 aliphatic rings. The smallest absolute Gasteiger partial charge is 0.343 e. The van der Waals surface area contributed by atoms with E-state index in [0.717, 1.165) is 0 Å². The highest BCUT2D eigenvalue weighted by Gasteiger charge is 2.64. The van der Waals surface area contributed by atoms with E-state index in [9.17, 15) is 39.4 Å². The van der Waals surface area contributed by atoms with Gasteiger partial charge in [0.1, 0.15) is 23.0 Å². The standard InChI is InChI=1S/C70H44N6O12/c77-65(85-53-17-5-1-6-18-53)49-37-29-45(30-38-49)61-62(46-31-39-50(40-32-46)66(78)86-54-19-7-2-8-20-54)72-69(71-61,57-25-13-15-27-59(57)75(81)82)70(58-26-14-16-28-60(58)76(83)84)73-63(47-33-41-51(42-34-47)67(79)87-55-21-9-3-10-22-55)64(74-70)48-35-43-52(44-36-48)68(80)88-56-23-11-4-12-24-56/h1-44H. The van der Waals surface area contributed by atoms with E-state index in [1.165, 1.54) is 97.1 Å². The molecular formula is C70H44N6O12. The number of esters is 4. The number of nitro groups is 2. The molecule has 10 aromatic rings. The Morgan fingerprint density at radius 2 is 0.489 bits per heavy atom. The van der Waals surface area contributed by atoms with Gasteiger partial charge in [-0.15, -0.1) is 0 Å². The third-order valence-corrected chi connectivity index (χ3v) is 14.4. The van der Waals surface area contributed by atoms with Crippen LogP contribution in [0.5, 0.6) is 23.0 Å². The molecule has 426 valence electrons. The van der Waals surface area contributed by atoms with Gasteiger partial charge in [0.25, 0.3) is 11.4 Å². The van der Waals surface area contributed by atoms with E-state index in [4.69, 9.17) is 38.9 Å². The van der Waals surface area contributed by atoms with Crippen molar-refractivity contribution in [1.29, 1.82) is 0 Å². The lowest BCUT2D eigenvalue weighted by Crippen LogP contribution is -2.44. The average molecular weight is 1160 g/mol. The topological polar surface area (TPSA) is 241 Å². The van der Waals surface area contributed by atoms with Crippen LogP contribution in [-0.2, 0) is 11.3 Å². The Hall–Kier alpha value is -12.4. The van der Waals surface area contributed by atoms with Gasteiger partial charge in [0.15, 0.2) is 0 Å². The van der Waals surface area contributed by atoms with E-state index in [2.05, 4.69) is 0 Å². The van der Waals surface area contributed by atoms with E-state index in [1.807, 2.05) is 0 Å². The molecule has 0 N–H and O–H groups in total. The maximum atomic E-state index is 13.7. The van der Waals surface area contributed by atoms with Gasteiger partial charge in [0, 0.05) is 34.4 Å². The molecule has 0 spiro atoms. The van der Waals surface area contributed by atoms with Crippen LogP contribution in [0, 0.1) is 20.2 Å². The molecule has 0 saturated heterocycles. The highest BCUT2D eigenvalue weighted by atomic mass is 16.6. The lowest BCUT2D eigenvalue weighted by Gasteiger charge is -2.37. The number of hydrogen-bond acceptors (Lipinski definition) is 16. The lowest BCUT2D eigenvalue weighted by molar-refractivity contribution is -0.387. The molecule has 0 unspecified atom stereocenters. The molecule has 0 radical (unpaired) electrons. The van der Waals surface area contributed by atoms with Gasteiger partial charge in [-0.2, -0.15) is 0 Å². The van der Waals surface area contributed by atoms with Gasteiger partial charge in [0.05, 0.1) is 66.1 Å². The second-order valence-electron chi connectivity index (χ2n) is 19.9. The summed E-state index contributed by atoms with van der Waals surface area (Å²) in [6.07, 6.45) is 0. The van der Waals surface area contributed by atoms with Crippen LogP contribution in [0.2, 0.25) is 0 Å². The van der Waals surface area contributed by atoms with Crippen LogP contribution < -0.4 is 18.9 Å². The molecule has 0 atom stereocenters. The van der Waals surface area contributed by atoms with Crippen molar-refractivity contribution in [2.45, 2.75) is 11.3 Å². The van der Waals surface area contributed by atoms with Crippen LogP contribution >= 0.6 is 0 Å². The molecule has 18 heteroatoms. The zero-order valence-electron chi connectivity index (χ0n) is 46.0. The van der Waals surface area contributed by atoms with Gasteiger partial charge < -0.3 is 18.9 Å². The predicted molar refractivity (Wildman–Crippen MR) is 327 cm³/mol. The molecule has 12 rings (SSSR count). The van der Waals surface area contributed by atoms with Gasteiger partial charge in [-0.25, -0.2) is 39.1 Å². The van der Waals surface area contributed by atoms with Crippen molar-refractivity contribution in [1.82, 2.24) is 0 Å². The van der Waals surface area contributed by atoms with Crippen LogP contribution in [0.3, 0.4) is 0 Å². The van der Waals surface area contributed by atoms with Crippen molar-refractivity contribution >= 4 is 58.1 Å². The zero-order chi connectivity index (χ0) is 60.8. The highest BCUT2D eigenvalue weighted by molar-refractivity contribution is 6.56. The van der Waals surface area contributed by atoms with Gasteiger partial charge in [-0.1, -0.05) is 146 Å². The third kappa shape index (κ3) is 11.1. The van der Waals surface area contributed by atoms with Crippen LogP contribution in [0.1, 0.15) is 74.8 Å². The van der Waals surface area contributed by atoms with Crippen molar-refractivity contribution < 1.29 is 48.0 Å². The number of benzene rings is 10. The minimum Gasteiger partial charge on any atom is -0.423 e.